The molecule has 0 atom stereocenters. The largest absolute Gasteiger partial charge is 0.493 e. The van der Waals surface area contributed by atoms with E-state index in [0.717, 1.165) is 17.9 Å². The molecule has 2 N–H and O–H groups in total. The van der Waals surface area contributed by atoms with E-state index in [0.29, 0.717) is 13.2 Å². The van der Waals surface area contributed by atoms with Crippen LogP contribution in [-0.4, -0.2) is 25.6 Å². The zero-order valence-electron chi connectivity index (χ0n) is 13.1. The first-order valence-corrected chi connectivity index (χ1v) is 7.66. The highest BCUT2D eigenvalue weighted by Crippen LogP contribution is 2.15. The van der Waals surface area contributed by atoms with Gasteiger partial charge in [-0.05, 0) is 29.8 Å². The average molecular weight is 310 g/mol. The van der Waals surface area contributed by atoms with Gasteiger partial charge < -0.3 is 15.4 Å². The number of ether oxygens (including phenoxy) is 1. The molecule has 0 heterocycles. The van der Waals surface area contributed by atoms with Crippen LogP contribution in [0.25, 0.3) is 0 Å². The third-order valence-corrected chi connectivity index (χ3v) is 3.25. The van der Waals surface area contributed by atoms with Crippen molar-refractivity contribution in [2.24, 2.45) is 0 Å². The maximum atomic E-state index is 11.5. The summed E-state index contributed by atoms with van der Waals surface area (Å²) in [5.41, 5.74) is 2.14. The van der Waals surface area contributed by atoms with Crippen molar-refractivity contribution in [2.45, 2.75) is 6.42 Å². The van der Waals surface area contributed by atoms with Gasteiger partial charge in [-0.1, -0.05) is 36.4 Å². The Bertz CT molecular complexity index is 609. The predicted molar refractivity (Wildman–Crippen MR) is 93.8 cm³/mol. The normalized spacial score (nSPS) is 9.91. The minimum atomic E-state index is -0.0620. The summed E-state index contributed by atoms with van der Waals surface area (Å²) < 4.78 is 5.73. The SMILES string of the molecule is C=CCNC(=O)CNc1ccc(OCCc2ccccc2)cc1. The summed E-state index contributed by atoms with van der Waals surface area (Å²) in [7, 11) is 0. The molecule has 0 saturated carbocycles. The molecule has 0 bridgehead atoms. The first-order chi connectivity index (χ1) is 11.3. The second kappa shape index (κ2) is 9.30. The summed E-state index contributed by atoms with van der Waals surface area (Å²) in [6.45, 7) is 4.91. The monoisotopic (exact) mass is 310 g/mol. The van der Waals surface area contributed by atoms with E-state index in [1.165, 1.54) is 5.56 Å². The van der Waals surface area contributed by atoms with Gasteiger partial charge in [0.05, 0.1) is 13.2 Å². The topological polar surface area (TPSA) is 50.4 Å². The van der Waals surface area contributed by atoms with Crippen LogP contribution in [0.2, 0.25) is 0 Å². The lowest BCUT2D eigenvalue weighted by atomic mass is 10.2. The molecule has 2 aromatic carbocycles. The smallest absolute Gasteiger partial charge is 0.239 e. The van der Waals surface area contributed by atoms with Gasteiger partial charge >= 0.3 is 0 Å². The van der Waals surface area contributed by atoms with E-state index < -0.39 is 0 Å². The third-order valence-electron chi connectivity index (χ3n) is 3.25. The Kier molecular flexibility index (Phi) is 6.72. The van der Waals surface area contributed by atoms with Crippen molar-refractivity contribution < 1.29 is 9.53 Å². The molecule has 0 aliphatic rings. The van der Waals surface area contributed by atoms with Gasteiger partial charge in [-0.3, -0.25) is 4.79 Å². The second-order valence-corrected chi connectivity index (χ2v) is 5.05. The van der Waals surface area contributed by atoms with Crippen LogP contribution in [0.1, 0.15) is 5.56 Å². The highest BCUT2D eigenvalue weighted by molar-refractivity contribution is 5.80. The zero-order valence-corrected chi connectivity index (χ0v) is 13.1. The van der Waals surface area contributed by atoms with Gasteiger partial charge in [-0.15, -0.1) is 6.58 Å². The summed E-state index contributed by atoms with van der Waals surface area (Å²) >= 11 is 0. The number of amides is 1. The summed E-state index contributed by atoms with van der Waals surface area (Å²) in [5, 5.41) is 5.77. The number of hydrogen-bond acceptors (Lipinski definition) is 3. The molecule has 2 aromatic rings. The van der Waals surface area contributed by atoms with E-state index in [1.807, 2.05) is 42.5 Å². The van der Waals surface area contributed by atoms with Crippen LogP contribution in [0.15, 0.2) is 67.3 Å². The molecule has 0 radical (unpaired) electrons. The molecular weight excluding hydrogens is 288 g/mol. The van der Waals surface area contributed by atoms with Crippen LogP contribution in [0.5, 0.6) is 5.75 Å². The molecule has 4 nitrogen and oxygen atoms in total. The molecule has 120 valence electrons. The quantitative estimate of drug-likeness (QED) is 0.700. The van der Waals surface area contributed by atoms with Gasteiger partial charge in [0.25, 0.3) is 0 Å². The Balaban J connectivity index is 1.71. The lowest BCUT2D eigenvalue weighted by Gasteiger charge is -2.09. The molecule has 0 aliphatic heterocycles. The molecule has 23 heavy (non-hydrogen) atoms. The Morgan fingerprint density at radius 1 is 1.09 bits per heavy atom. The summed E-state index contributed by atoms with van der Waals surface area (Å²) in [6.07, 6.45) is 2.53. The number of carbonyl (C=O) groups is 1. The van der Waals surface area contributed by atoms with Crippen LogP contribution < -0.4 is 15.4 Å². The van der Waals surface area contributed by atoms with Crippen LogP contribution >= 0.6 is 0 Å². The summed E-state index contributed by atoms with van der Waals surface area (Å²) in [5.74, 6) is 0.760. The Morgan fingerprint density at radius 3 is 2.52 bits per heavy atom. The maximum absolute atomic E-state index is 11.5. The molecular formula is C19H22N2O2. The van der Waals surface area contributed by atoms with E-state index in [4.69, 9.17) is 4.74 Å². The van der Waals surface area contributed by atoms with Crippen LogP contribution in [0.4, 0.5) is 5.69 Å². The maximum Gasteiger partial charge on any atom is 0.239 e. The van der Waals surface area contributed by atoms with E-state index in [9.17, 15) is 4.79 Å². The number of anilines is 1. The molecule has 0 saturated heterocycles. The van der Waals surface area contributed by atoms with E-state index in [1.54, 1.807) is 6.08 Å². The standard InChI is InChI=1S/C19H22N2O2/c1-2-13-20-19(22)15-21-17-8-10-18(11-9-17)23-14-12-16-6-4-3-5-7-16/h2-11,21H,1,12-15H2,(H,20,22). The van der Waals surface area contributed by atoms with E-state index >= 15 is 0 Å². The minimum Gasteiger partial charge on any atom is -0.493 e. The zero-order chi connectivity index (χ0) is 16.3. The van der Waals surface area contributed by atoms with E-state index in [2.05, 4.69) is 29.3 Å². The van der Waals surface area contributed by atoms with Gasteiger partial charge in [-0.2, -0.15) is 0 Å². The lowest BCUT2D eigenvalue weighted by molar-refractivity contribution is -0.119. The fraction of sp³-hybridized carbons (Fsp3) is 0.211. The number of rotatable bonds is 9. The number of carbonyl (C=O) groups excluding carboxylic acids is 1. The Labute approximate surface area is 137 Å². The summed E-state index contributed by atoms with van der Waals surface area (Å²) in [4.78, 5) is 11.5. The molecule has 1 amide bonds. The van der Waals surface area contributed by atoms with Gasteiger partial charge in [0.15, 0.2) is 0 Å². The predicted octanol–water partition coefficient (Wildman–Crippen LogP) is 3.02. The second-order valence-electron chi connectivity index (χ2n) is 5.05. The van der Waals surface area contributed by atoms with Crippen molar-refractivity contribution in [1.82, 2.24) is 5.32 Å². The summed E-state index contributed by atoms with van der Waals surface area (Å²) in [6, 6.07) is 17.8. The van der Waals surface area contributed by atoms with Crippen LogP contribution in [-0.2, 0) is 11.2 Å². The van der Waals surface area contributed by atoms with E-state index in [-0.39, 0.29) is 12.5 Å². The molecule has 0 aromatic heterocycles. The Morgan fingerprint density at radius 2 is 1.83 bits per heavy atom. The van der Waals surface area contributed by atoms with Gasteiger partial charge in [0, 0.05) is 18.7 Å². The highest BCUT2D eigenvalue weighted by atomic mass is 16.5. The Hall–Kier alpha value is -2.75. The van der Waals surface area contributed by atoms with Crippen LogP contribution in [0, 0.1) is 0 Å². The molecule has 4 heteroatoms. The molecule has 0 aliphatic carbocycles. The number of nitrogens with one attached hydrogen (secondary N) is 2. The van der Waals surface area contributed by atoms with Gasteiger partial charge in [-0.25, -0.2) is 0 Å². The van der Waals surface area contributed by atoms with Crippen molar-refractivity contribution in [3.05, 3.63) is 72.8 Å². The van der Waals surface area contributed by atoms with Crippen molar-refractivity contribution >= 4 is 11.6 Å². The molecule has 0 fully saturated rings. The molecule has 0 spiro atoms. The lowest BCUT2D eigenvalue weighted by Crippen LogP contribution is -2.29. The van der Waals surface area contributed by atoms with Crippen molar-refractivity contribution in [3.63, 3.8) is 0 Å². The fourth-order valence-electron chi connectivity index (χ4n) is 2.03. The van der Waals surface area contributed by atoms with Crippen molar-refractivity contribution in [2.75, 3.05) is 25.0 Å². The van der Waals surface area contributed by atoms with Crippen molar-refractivity contribution in [1.29, 1.82) is 0 Å². The molecule has 0 unspecified atom stereocenters. The average Bonchev–Trinajstić information content (AvgIpc) is 2.60. The number of benzene rings is 2. The fourth-order valence-corrected chi connectivity index (χ4v) is 2.03. The highest BCUT2D eigenvalue weighted by Gasteiger charge is 2.00. The first kappa shape index (κ1) is 16.6. The first-order valence-electron chi connectivity index (χ1n) is 7.66. The number of hydrogen-bond donors (Lipinski definition) is 2. The van der Waals surface area contributed by atoms with Gasteiger partial charge in [0.2, 0.25) is 5.91 Å². The minimum absolute atomic E-state index is 0.0620. The van der Waals surface area contributed by atoms with Crippen LogP contribution in [0.3, 0.4) is 0 Å². The molecule has 2 rings (SSSR count). The third kappa shape index (κ3) is 6.26. The van der Waals surface area contributed by atoms with Crippen molar-refractivity contribution in [3.8, 4) is 5.75 Å². The van der Waals surface area contributed by atoms with Gasteiger partial charge in [0.1, 0.15) is 5.75 Å².